The fourth-order valence-electron chi connectivity index (χ4n) is 3.40. The van der Waals surface area contributed by atoms with E-state index in [1.54, 1.807) is 67.6 Å². The van der Waals surface area contributed by atoms with E-state index in [2.05, 4.69) is 5.32 Å². The summed E-state index contributed by atoms with van der Waals surface area (Å²) in [6.07, 6.45) is -0.945. The van der Waals surface area contributed by atoms with Crippen molar-refractivity contribution in [2.45, 2.75) is 19.1 Å². The van der Waals surface area contributed by atoms with E-state index in [4.69, 9.17) is 14.2 Å². The maximum absolute atomic E-state index is 13.9. The molecule has 0 fully saturated rings. The summed E-state index contributed by atoms with van der Waals surface area (Å²) >= 11 is 0. The SMILES string of the molecule is CCOC(=O)C(NC(=O)OCc1ccccc1)(C(=O)c1ccccc1OC)c1ccccc1. The van der Waals surface area contributed by atoms with Gasteiger partial charge in [0, 0.05) is 0 Å². The fourth-order valence-corrected chi connectivity index (χ4v) is 3.40. The maximum atomic E-state index is 13.9. The van der Waals surface area contributed by atoms with Gasteiger partial charge in [-0.2, -0.15) is 0 Å². The van der Waals surface area contributed by atoms with Crippen LogP contribution in [0, 0.1) is 0 Å². The molecule has 3 aromatic carbocycles. The number of benzene rings is 3. The van der Waals surface area contributed by atoms with Crippen LogP contribution in [0.4, 0.5) is 4.79 Å². The average molecular weight is 447 g/mol. The second-order valence-corrected chi connectivity index (χ2v) is 7.05. The van der Waals surface area contributed by atoms with Crippen molar-refractivity contribution < 1.29 is 28.6 Å². The summed E-state index contributed by atoms with van der Waals surface area (Å²) < 4.78 is 15.9. The zero-order valence-electron chi connectivity index (χ0n) is 18.4. The number of rotatable bonds is 9. The predicted molar refractivity (Wildman–Crippen MR) is 122 cm³/mol. The first-order valence-corrected chi connectivity index (χ1v) is 10.4. The highest BCUT2D eigenvalue weighted by atomic mass is 16.6. The van der Waals surface area contributed by atoms with Gasteiger partial charge in [0.25, 0.3) is 0 Å². The normalized spacial score (nSPS) is 12.2. The molecule has 1 N–H and O–H groups in total. The highest BCUT2D eigenvalue weighted by Crippen LogP contribution is 2.32. The summed E-state index contributed by atoms with van der Waals surface area (Å²) in [5.74, 6) is -1.38. The average Bonchev–Trinajstić information content (AvgIpc) is 2.87. The van der Waals surface area contributed by atoms with E-state index in [1.165, 1.54) is 13.2 Å². The Bertz CT molecular complexity index is 1100. The third-order valence-corrected chi connectivity index (χ3v) is 4.98. The predicted octanol–water partition coefficient (Wildman–Crippen LogP) is 4.26. The van der Waals surface area contributed by atoms with Crippen molar-refractivity contribution in [3.05, 3.63) is 102 Å². The first-order valence-electron chi connectivity index (χ1n) is 10.4. The molecule has 0 saturated heterocycles. The zero-order valence-corrected chi connectivity index (χ0v) is 18.4. The van der Waals surface area contributed by atoms with Gasteiger partial charge in [-0.25, -0.2) is 9.59 Å². The lowest BCUT2D eigenvalue weighted by Gasteiger charge is -2.31. The smallest absolute Gasteiger partial charge is 0.409 e. The van der Waals surface area contributed by atoms with Crippen LogP contribution in [0.3, 0.4) is 0 Å². The minimum atomic E-state index is -2.18. The number of methoxy groups -OCH3 is 1. The molecule has 0 aromatic heterocycles. The van der Waals surface area contributed by atoms with Gasteiger partial charge < -0.3 is 14.2 Å². The van der Waals surface area contributed by atoms with Crippen LogP contribution in [-0.4, -0.2) is 31.6 Å². The van der Waals surface area contributed by atoms with Gasteiger partial charge in [-0.3, -0.25) is 10.1 Å². The highest BCUT2D eigenvalue weighted by Gasteiger charge is 2.52. The first kappa shape index (κ1) is 23.5. The van der Waals surface area contributed by atoms with E-state index in [0.717, 1.165) is 5.56 Å². The van der Waals surface area contributed by atoms with Crippen molar-refractivity contribution in [3.8, 4) is 5.75 Å². The Hall–Kier alpha value is -4.13. The molecule has 0 aliphatic rings. The zero-order chi connectivity index (χ0) is 23.7. The molecule has 0 spiro atoms. The second-order valence-electron chi connectivity index (χ2n) is 7.05. The number of carbonyl (C=O) groups excluding carboxylic acids is 3. The van der Waals surface area contributed by atoms with Gasteiger partial charge in [0.15, 0.2) is 0 Å². The van der Waals surface area contributed by atoms with Crippen molar-refractivity contribution in [1.82, 2.24) is 5.32 Å². The number of para-hydroxylation sites is 1. The minimum absolute atomic E-state index is 0.00731. The molecule has 0 aliphatic carbocycles. The van der Waals surface area contributed by atoms with Crippen LogP contribution < -0.4 is 10.1 Å². The van der Waals surface area contributed by atoms with Crippen LogP contribution in [0.1, 0.15) is 28.4 Å². The van der Waals surface area contributed by atoms with Gasteiger partial charge in [-0.05, 0) is 30.2 Å². The molecule has 1 amide bonds. The van der Waals surface area contributed by atoms with E-state index in [-0.39, 0.29) is 30.1 Å². The molecule has 3 aromatic rings. The van der Waals surface area contributed by atoms with Crippen molar-refractivity contribution in [2.24, 2.45) is 0 Å². The number of ether oxygens (including phenoxy) is 3. The lowest BCUT2D eigenvalue weighted by atomic mass is 9.82. The summed E-state index contributed by atoms with van der Waals surface area (Å²) in [6.45, 7) is 1.59. The Labute approximate surface area is 192 Å². The number of Topliss-reactive ketones (excluding diaryl/α,β-unsaturated/α-hetero) is 1. The standard InChI is InChI=1S/C26H25NO6/c1-3-32-24(29)26(20-14-8-5-9-15-20,23(28)21-16-10-11-17-22(21)31-2)27-25(30)33-18-19-12-6-4-7-13-19/h4-17H,3,18H2,1-2H3,(H,27,30). The van der Waals surface area contributed by atoms with Crippen LogP contribution in [0.15, 0.2) is 84.9 Å². The minimum Gasteiger partial charge on any atom is -0.496 e. The molecule has 170 valence electrons. The Balaban J connectivity index is 2.06. The van der Waals surface area contributed by atoms with Gasteiger partial charge >= 0.3 is 12.1 Å². The van der Waals surface area contributed by atoms with Crippen molar-refractivity contribution in [2.75, 3.05) is 13.7 Å². The van der Waals surface area contributed by atoms with Gasteiger partial charge in [0.2, 0.25) is 11.3 Å². The maximum Gasteiger partial charge on any atom is 0.409 e. The summed E-state index contributed by atoms with van der Waals surface area (Å²) in [5, 5.41) is 2.51. The van der Waals surface area contributed by atoms with Gasteiger partial charge in [0.05, 0.1) is 19.3 Å². The molecule has 1 atom stereocenters. The van der Waals surface area contributed by atoms with Crippen LogP contribution >= 0.6 is 0 Å². The molecule has 7 heteroatoms. The van der Waals surface area contributed by atoms with Gasteiger partial charge in [0.1, 0.15) is 12.4 Å². The quantitative estimate of drug-likeness (QED) is 0.299. The molecule has 0 radical (unpaired) electrons. The van der Waals surface area contributed by atoms with Crippen molar-refractivity contribution in [1.29, 1.82) is 0 Å². The number of esters is 1. The molecule has 7 nitrogen and oxygen atoms in total. The summed E-state index contributed by atoms with van der Waals surface area (Å²) in [4.78, 5) is 40.1. The number of amides is 1. The Kier molecular flexibility index (Phi) is 7.81. The lowest BCUT2D eigenvalue weighted by Crippen LogP contribution is -2.58. The Morgan fingerprint density at radius 3 is 2.06 bits per heavy atom. The Morgan fingerprint density at radius 1 is 0.818 bits per heavy atom. The molecule has 1 unspecified atom stereocenters. The number of hydrogen-bond acceptors (Lipinski definition) is 6. The molecule has 0 aliphatic heterocycles. The molecule has 0 bridgehead atoms. The summed E-state index contributed by atoms with van der Waals surface area (Å²) in [7, 11) is 1.42. The number of carbonyl (C=O) groups is 3. The van der Waals surface area contributed by atoms with Crippen LogP contribution in [0.2, 0.25) is 0 Å². The van der Waals surface area contributed by atoms with E-state index in [1.807, 2.05) is 18.2 Å². The number of ketones is 1. The molecular formula is C26H25NO6. The van der Waals surface area contributed by atoms with Crippen molar-refractivity contribution in [3.63, 3.8) is 0 Å². The molecule has 0 saturated carbocycles. The topological polar surface area (TPSA) is 90.9 Å². The van der Waals surface area contributed by atoms with Crippen LogP contribution in [0.25, 0.3) is 0 Å². The monoisotopic (exact) mass is 447 g/mol. The largest absolute Gasteiger partial charge is 0.496 e. The summed E-state index contributed by atoms with van der Waals surface area (Å²) in [6, 6.07) is 23.7. The molecule has 33 heavy (non-hydrogen) atoms. The summed E-state index contributed by atoms with van der Waals surface area (Å²) in [5.41, 5.74) is -1.08. The molecule has 3 rings (SSSR count). The van der Waals surface area contributed by atoms with E-state index in [0.29, 0.717) is 0 Å². The third kappa shape index (κ3) is 5.20. The van der Waals surface area contributed by atoms with Gasteiger partial charge in [-0.1, -0.05) is 72.8 Å². The molecule has 0 heterocycles. The van der Waals surface area contributed by atoms with E-state index in [9.17, 15) is 14.4 Å². The molecular weight excluding hydrogens is 422 g/mol. The number of alkyl carbamates (subject to hydrolysis) is 1. The van der Waals surface area contributed by atoms with E-state index < -0.39 is 23.4 Å². The van der Waals surface area contributed by atoms with Crippen LogP contribution in [0.5, 0.6) is 5.75 Å². The Morgan fingerprint density at radius 2 is 1.42 bits per heavy atom. The number of hydrogen-bond donors (Lipinski definition) is 1. The van der Waals surface area contributed by atoms with E-state index >= 15 is 0 Å². The lowest BCUT2D eigenvalue weighted by molar-refractivity contribution is -0.149. The fraction of sp³-hybridized carbons (Fsp3) is 0.192. The third-order valence-electron chi connectivity index (χ3n) is 4.98. The second kappa shape index (κ2) is 10.9. The van der Waals surface area contributed by atoms with Crippen LogP contribution in [-0.2, 0) is 26.4 Å². The first-order chi connectivity index (χ1) is 16.0. The van der Waals surface area contributed by atoms with Gasteiger partial charge in [-0.15, -0.1) is 0 Å². The number of nitrogens with one attached hydrogen (secondary N) is 1. The van der Waals surface area contributed by atoms with Crippen molar-refractivity contribution >= 4 is 17.8 Å². The highest BCUT2D eigenvalue weighted by molar-refractivity contribution is 6.19.